The molecule has 15 nitrogen and oxygen atoms in total. The number of amides is 5. The Balaban J connectivity index is 0.803. The lowest BCUT2D eigenvalue weighted by atomic mass is 9.92. The molecule has 4 fully saturated rings. The van der Waals surface area contributed by atoms with Crippen LogP contribution in [0.3, 0.4) is 0 Å². The van der Waals surface area contributed by atoms with Crippen molar-refractivity contribution in [2.75, 3.05) is 62.6 Å². The zero-order valence-electron chi connectivity index (χ0n) is 35.2. The van der Waals surface area contributed by atoms with Gasteiger partial charge in [-0.1, -0.05) is 17.7 Å². The van der Waals surface area contributed by atoms with Crippen molar-refractivity contribution in [1.82, 2.24) is 30.2 Å². The SMILES string of the molecule is [2H]C([2H])([2H])N(C(=O)c1ccc(N2CCC(CN3CCN(c4cc5c(cc4F)C(=O)N(C4CCC(=O)NC4=O)C5=O)CC3)CC2)nn1)C1CCC(Oc2ccc([N+]#[C-])c(Cl)c2)CC1. The van der Waals surface area contributed by atoms with E-state index < -0.39 is 54.4 Å². The molecule has 8 rings (SSSR count). The minimum Gasteiger partial charge on any atom is -0.490 e. The fraction of sp³-hybridized carbons (Fsp3) is 0.476. The summed E-state index contributed by atoms with van der Waals surface area (Å²) in [6.45, 7) is 9.15. The number of hydrogen-bond donors (Lipinski definition) is 1. The van der Waals surface area contributed by atoms with Gasteiger partial charge in [0.2, 0.25) is 17.5 Å². The number of carbonyl (C=O) groups excluding carboxylic acids is 5. The van der Waals surface area contributed by atoms with E-state index in [0.29, 0.717) is 80.1 Å². The summed E-state index contributed by atoms with van der Waals surface area (Å²) < 4.78 is 46.1. The molecule has 308 valence electrons. The molecule has 4 aliphatic heterocycles. The van der Waals surface area contributed by atoms with Crippen LogP contribution in [0.25, 0.3) is 4.85 Å². The van der Waals surface area contributed by atoms with Gasteiger partial charge in [-0.2, -0.15) is 0 Å². The zero-order chi connectivity index (χ0) is 43.9. The lowest BCUT2D eigenvalue weighted by Gasteiger charge is -2.40. The third-order valence-corrected chi connectivity index (χ3v) is 12.4. The number of hydrogen-bond acceptors (Lipinski definition) is 11. The normalized spacial score (nSPS) is 23.8. The summed E-state index contributed by atoms with van der Waals surface area (Å²) >= 11 is 6.16. The van der Waals surface area contributed by atoms with Crippen LogP contribution in [-0.4, -0.2) is 125 Å². The fourth-order valence-electron chi connectivity index (χ4n) is 8.77. The van der Waals surface area contributed by atoms with Crippen molar-refractivity contribution in [3.05, 3.63) is 81.5 Å². The smallest absolute Gasteiger partial charge is 0.274 e. The van der Waals surface area contributed by atoms with Crippen LogP contribution in [0.2, 0.25) is 5.02 Å². The molecule has 1 aliphatic carbocycles. The van der Waals surface area contributed by atoms with Gasteiger partial charge in [0.15, 0.2) is 11.5 Å². The lowest BCUT2D eigenvalue weighted by Crippen LogP contribution is -2.54. The Morgan fingerprint density at radius 1 is 0.932 bits per heavy atom. The van der Waals surface area contributed by atoms with E-state index in [1.807, 2.05) is 4.90 Å². The molecule has 1 unspecified atom stereocenters. The van der Waals surface area contributed by atoms with Crippen molar-refractivity contribution in [3.8, 4) is 5.75 Å². The number of rotatable bonds is 9. The molecule has 0 spiro atoms. The first kappa shape index (κ1) is 36.4. The Bertz CT molecular complexity index is 2310. The van der Waals surface area contributed by atoms with E-state index >= 15 is 4.39 Å². The molecule has 1 N–H and O–H groups in total. The number of anilines is 2. The van der Waals surface area contributed by atoms with Gasteiger partial charge < -0.3 is 19.4 Å². The third-order valence-electron chi connectivity index (χ3n) is 12.1. The van der Waals surface area contributed by atoms with E-state index in [2.05, 4.69) is 30.2 Å². The summed E-state index contributed by atoms with van der Waals surface area (Å²) in [7, 11) is 0. The molecule has 3 saturated heterocycles. The predicted octanol–water partition coefficient (Wildman–Crippen LogP) is 4.72. The highest BCUT2D eigenvalue weighted by Crippen LogP contribution is 2.35. The minimum atomic E-state index is -2.68. The maximum Gasteiger partial charge on any atom is 0.274 e. The predicted molar refractivity (Wildman–Crippen MR) is 215 cm³/mol. The van der Waals surface area contributed by atoms with Crippen LogP contribution in [0.1, 0.15) is 86.7 Å². The number of piperidine rings is 2. The van der Waals surface area contributed by atoms with Crippen molar-refractivity contribution in [2.45, 2.75) is 69.6 Å². The molecule has 5 aliphatic rings. The Kier molecular flexibility index (Phi) is 10.4. The molecule has 2 aromatic carbocycles. The summed E-state index contributed by atoms with van der Waals surface area (Å²) in [4.78, 5) is 75.6. The van der Waals surface area contributed by atoms with Crippen LogP contribution in [0, 0.1) is 18.3 Å². The van der Waals surface area contributed by atoms with Gasteiger partial charge in [-0.05, 0) is 87.3 Å². The van der Waals surface area contributed by atoms with Gasteiger partial charge in [-0.25, -0.2) is 9.24 Å². The summed E-state index contributed by atoms with van der Waals surface area (Å²) in [5, 5.41) is 11.0. The van der Waals surface area contributed by atoms with E-state index in [-0.39, 0.29) is 41.5 Å². The van der Waals surface area contributed by atoms with Gasteiger partial charge in [0.25, 0.3) is 17.7 Å². The number of aromatic nitrogens is 2. The van der Waals surface area contributed by atoms with E-state index in [9.17, 15) is 24.0 Å². The maximum absolute atomic E-state index is 15.5. The molecule has 3 aromatic rings. The Hall–Kier alpha value is -5.66. The van der Waals surface area contributed by atoms with Gasteiger partial charge in [-0.3, -0.25) is 39.1 Å². The number of fused-ring (bicyclic) bond motifs is 1. The average Bonchev–Trinajstić information content (AvgIpc) is 3.48. The Morgan fingerprint density at radius 2 is 1.66 bits per heavy atom. The first-order valence-electron chi connectivity index (χ1n) is 21.5. The Morgan fingerprint density at radius 3 is 2.31 bits per heavy atom. The minimum absolute atomic E-state index is 0.00221. The topological polar surface area (TPSA) is 153 Å². The molecule has 0 bridgehead atoms. The van der Waals surface area contributed by atoms with Gasteiger partial charge >= 0.3 is 0 Å². The number of carbonyl (C=O) groups is 5. The van der Waals surface area contributed by atoms with Crippen LogP contribution < -0.4 is 19.9 Å². The average molecular weight is 829 g/mol. The Labute approximate surface area is 350 Å². The van der Waals surface area contributed by atoms with Crippen molar-refractivity contribution in [3.63, 3.8) is 0 Å². The number of ether oxygens (including phenoxy) is 1. The molecule has 1 atom stereocenters. The molecule has 59 heavy (non-hydrogen) atoms. The van der Waals surface area contributed by atoms with Crippen molar-refractivity contribution in [2.24, 2.45) is 5.92 Å². The first-order valence-corrected chi connectivity index (χ1v) is 20.3. The maximum atomic E-state index is 15.5. The second-order valence-corrected chi connectivity index (χ2v) is 16.1. The number of nitrogens with zero attached hydrogens (tertiary/aromatic N) is 8. The lowest BCUT2D eigenvalue weighted by molar-refractivity contribution is -0.136. The molecule has 0 radical (unpaired) electrons. The number of benzene rings is 2. The summed E-state index contributed by atoms with van der Waals surface area (Å²) in [6.07, 6.45) is 3.51. The van der Waals surface area contributed by atoms with Gasteiger partial charge in [0.1, 0.15) is 17.6 Å². The second-order valence-electron chi connectivity index (χ2n) is 15.7. The van der Waals surface area contributed by atoms with Gasteiger partial charge in [-0.15, -0.1) is 10.2 Å². The summed E-state index contributed by atoms with van der Waals surface area (Å²) in [5.74, 6) is -2.39. The zero-order valence-corrected chi connectivity index (χ0v) is 33.0. The van der Waals surface area contributed by atoms with Crippen LogP contribution in [0.4, 0.5) is 21.6 Å². The van der Waals surface area contributed by atoms with E-state index in [0.717, 1.165) is 48.3 Å². The molecular weight excluding hydrogens is 781 g/mol. The summed E-state index contributed by atoms with van der Waals surface area (Å²) in [5.41, 5.74) is 0.471. The first-order chi connectivity index (χ1) is 29.7. The molecule has 17 heteroatoms. The van der Waals surface area contributed by atoms with Gasteiger partial charge in [0, 0.05) is 69.4 Å². The molecule has 5 amide bonds. The number of imide groups is 2. The van der Waals surface area contributed by atoms with Crippen molar-refractivity contribution < 1.29 is 37.2 Å². The van der Waals surface area contributed by atoms with E-state index in [4.69, 9.17) is 27.0 Å². The van der Waals surface area contributed by atoms with Crippen LogP contribution in [0.5, 0.6) is 5.75 Å². The second kappa shape index (κ2) is 16.9. The molecule has 5 heterocycles. The van der Waals surface area contributed by atoms with Crippen molar-refractivity contribution >= 4 is 58.3 Å². The largest absolute Gasteiger partial charge is 0.490 e. The fourth-order valence-corrected chi connectivity index (χ4v) is 8.98. The van der Waals surface area contributed by atoms with Crippen LogP contribution >= 0.6 is 11.6 Å². The monoisotopic (exact) mass is 828 g/mol. The van der Waals surface area contributed by atoms with Gasteiger partial charge in [0.05, 0.1) is 34.5 Å². The highest BCUT2D eigenvalue weighted by molar-refractivity contribution is 6.33. The van der Waals surface area contributed by atoms with Crippen LogP contribution in [0.15, 0.2) is 42.5 Å². The van der Waals surface area contributed by atoms with Crippen LogP contribution in [-0.2, 0) is 9.59 Å². The number of piperazine rings is 1. The molecule has 1 saturated carbocycles. The van der Waals surface area contributed by atoms with E-state index in [1.54, 1.807) is 24.3 Å². The van der Waals surface area contributed by atoms with E-state index in [1.165, 1.54) is 12.1 Å². The highest BCUT2D eigenvalue weighted by Gasteiger charge is 2.45. The van der Waals surface area contributed by atoms with Crippen molar-refractivity contribution in [1.29, 1.82) is 0 Å². The number of nitrogens with one attached hydrogen (secondary N) is 1. The molecular formula is C42H45ClFN9O6. The summed E-state index contributed by atoms with van der Waals surface area (Å²) in [6, 6.07) is 8.93. The molecule has 1 aromatic heterocycles. The highest BCUT2D eigenvalue weighted by atomic mass is 35.5. The third kappa shape index (κ3) is 8.31. The quantitative estimate of drug-likeness (QED) is 0.236. The standard InChI is InChI=1S/C42H45ClFN9O6/c1-45-33-8-7-28(21-31(33)43)59-27-5-3-26(4-6-27)49(2)42(58)34-9-11-37(48-47-34)52-15-13-25(14-16-52)24-50-17-19-51(20-18-50)36-23-30-29(22-32(36)44)40(56)53(41(30)57)35-10-12-38(54)46-39(35)55/h7-9,11,21-23,25-27,35H,3-6,10,12-20,24H2,2H3,(H,46,54,55)/i2D3. The number of halogens is 2.